The third-order valence-corrected chi connectivity index (χ3v) is 3.27. The average Bonchev–Trinajstić information content (AvgIpc) is 2.81. The van der Waals surface area contributed by atoms with Gasteiger partial charge in [0.15, 0.2) is 0 Å². The number of nitrogens with one attached hydrogen (secondary N) is 1. The number of ether oxygens (including phenoxy) is 1. The summed E-state index contributed by atoms with van der Waals surface area (Å²) in [4.78, 5) is 0. The first kappa shape index (κ1) is 13.6. The van der Waals surface area contributed by atoms with Crippen molar-refractivity contribution in [1.82, 2.24) is 15.1 Å². The lowest BCUT2D eigenvalue weighted by Crippen LogP contribution is -2.21. The largest absolute Gasteiger partial charge is 0.497 e. The number of aryl methyl sites for hydroxylation is 2. The maximum Gasteiger partial charge on any atom is 0.118 e. The molecule has 0 aliphatic rings. The fourth-order valence-electron chi connectivity index (χ4n) is 2.33. The monoisotopic (exact) mass is 259 g/mol. The van der Waals surface area contributed by atoms with Crippen LogP contribution in [0.2, 0.25) is 0 Å². The Labute approximate surface area is 114 Å². The van der Waals surface area contributed by atoms with Gasteiger partial charge in [-0.15, -0.1) is 0 Å². The van der Waals surface area contributed by atoms with E-state index in [0.29, 0.717) is 0 Å². The quantitative estimate of drug-likeness (QED) is 0.897. The van der Waals surface area contributed by atoms with Crippen LogP contribution in [0.4, 0.5) is 0 Å². The topological polar surface area (TPSA) is 39.1 Å². The smallest absolute Gasteiger partial charge is 0.118 e. The van der Waals surface area contributed by atoms with E-state index in [1.165, 1.54) is 11.3 Å². The van der Waals surface area contributed by atoms with Crippen LogP contribution in [0.3, 0.4) is 0 Å². The lowest BCUT2D eigenvalue weighted by molar-refractivity contribution is 0.414. The fourth-order valence-corrected chi connectivity index (χ4v) is 2.33. The van der Waals surface area contributed by atoms with Gasteiger partial charge in [0.25, 0.3) is 0 Å². The Hall–Kier alpha value is -1.81. The zero-order valence-corrected chi connectivity index (χ0v) is 12.0. The maximum atomic E-state index is 5.20. The highest BCUT2D eigenvalue weighted by molar-refractivity contribution is 5.33. The number of hydrogen-bond donors (Lipinski definition) is 1. The molecule has 1 atom stereocenters. The zero-order chi connectivity index (χ0) is 13.8. The lowest BCUT2D eigenvalue weighted by Gasteiger charge is -2.18. The third-order valence-electron chi connectivity index (χ3n) is 3.27. The summed E-state index contributed by atoms with van der Waals surface area (Å²) in [6.45, 7) is 5.00. The van der Waals surface area contributed by atoms with Crippen molar-refractivity contribution in [3.8, 4) is 5.75 Å². The molecule has 1 heterocycles. The minimum absolute atomic E-state index is 0.145. The van der Waals surface area contributed by atoms with E-state index >= 15 is 0 Å². The van der Waals surface area contributed by atoms with Crippen molar-refractivity contribution in [1.29, 1.82) is 0 Å². The number of benzene rings is 1. The molecule has 19 heavy (non-hydrogen) atoms. The summed E-state index contributed by atoms with van der Waals surface area (Å²) in [5, 5.41) is 7.87. The maximum absolute atomic E-state index is 5.20. The first-order chi connectivity index (χ1) is 9.19. The van der Waals surface area contributed by atoms with Crippen molar-refractivity contribution in [2.24, 2.45) is 0 Å². The van der Waals surface area contributed by atoms with Crippen molar-refractivity contribution < 1.29 is 4.74 Å². The number of rotatable bonds is 5. The van der Waals surface area contributed by atoms with E-state index < -0.39 is 0 Å². The Kier molecular flexibility index (Phi) is 4.22. The van der Waals surface area contributed by atoms with Crippen molar-refractivity contribution in [3.63, 3.8) is 0 Å². The minimum Gasteiger partial charge on any atom is -0.497 e. The Morgan fingerprint density at radius 1 is 1.32 bits per heavy atom. The second-order valence-corrected chi connectivity index (χ2v) is 4.52. The Balaban J connectivity index is 2.37. The number of hydrogen-bond acceptors (Lipinski definition) is 3. The second kappa shape index (κ2) is 5.89. The Morgan fingerprint density at radius 2 is 2.00 bits per heavy atom. The van der Waals surface area contributed by atoms with Crippen molar-refractivity contribution in [2.45, 2.75) is 26.4 Å². The van der Waals surface area contributed by atoms with Crippen LogP contribution < -0.4 is 10.1 Å². The average molecular weight is 259 g/mol. The standard InChI is InChI=1S/C15H21N3O/c1-5-18-14(10-11(2)17-18)15(16-3)12-6-8-13(19-4)9-7-12/h6-10,15-16H,5H2,1-4H3. The summed E-state index contributed by atoms with van der Waals surface area (Å²) in [5.41, 5.74) is 3.44. The van der Waals surface area contributed by atoms with E-state index in [-0.39, 0.29) is 6.04 Å². The lowest BCUT2D eigenvalue weighted by atomic mass is 10.0. The van der Waals surface area contributed by atoms with Gasteiger partial charge in [0.2, 0.25) is 0 Å². The molecule has 4 heteroatoms. The van der Waals surface area contributed by atoms with Gasteiger partial charge in [-0.3, -0.25) is 4.68 Å². The van der Waals surface area contributed by atoms with Crippen molar-refractivity contribution in [2.75, 3.05) is 14.2 Å². The first-order valence-corrected chi connectivity index (χ1v) is 6.55. The van der Waals surface area contributed by atoms with Crippen LogP contribution in [0.5, 0.6) is 5.75 Å². The molecule has 0 aliphatic carbocycles. The molecule has 0 amide bonds. The fraction of sp³-hybridized carbons (Fsp3) is 0.400. The summed E-state index contributed by atoms with van der Waals surface area (Å²) in [6, 6.07) is 10.4. The van der Waals surface area contributed by atoms with Crippen LogP contribution in [-0.4, -0.2) is 23.9 Å². The van der Waals surface area contributed by atoms with Gasteiger partial charge in [-0.2, -0.15) is 5.10 Å². The van der Waals surface area contributed by atoms with Crippen molar-refractivity contribution in [3.05, 3.63) is 47.3 Å². The molecule has 0 radical (unpaired) electrons. The summed E-state index contributed by atoms with van der Waals surface area (Å²) in [6.07, 6.45) is 0. The summed E-state index contributed by atoms with van der Waals surface area (Å²) >= 11 is 0. The van der Waals surface area contributed by atoms with Gasteiger partial charge in [0.05, 0.1) is 24.5 Å². The van der Waals surface area contributed by atoms with Gasteiger partial charge >= 0.3 is 0 Å². The third kappa shape index (κ3) is 2.79. The molecule has 1 N–H and O–H groups in total. The molecular weight excluding hydrogens is 238 g/mol. The second-order valence-electron chi connectivity index (χ2n) is 4.52. The van der Waals surface area contributed by atoms with Crippen LogP contribution in [0.15, 0.2) is 30.3 Å². The van der Waals surface area contributed by atoms with E-state index in [2.05, 4.69) is 35.5 Å². The highest BCUT2D eigenvalue weighted by Gasteiger charge is 2.17. The molecule has 0 saturated heterocycles. The molecule has 1 aromatic heterocycles. The molecule has 4 nitrogen and oxygen atoms in total. The summed E-state index contributed by atoms with van der Waals surface area (Å²) in [5.74, 6) is 0.874. The van der Waals surface area contributed by atoms with E-state index in [0.717, 1.165) is 18.0 Å². The number of nitrogens with zero attached hydrogens (tertiary/aromatic N) is 2. The summed E-state index contributed by atoms with van der Waals surface area (Å²) < 4.78 is 7.24. The van der Waals surface area contributed by atoms with E-state index in [1.54, 1.807) is 7.11 Å². The molecule has 0 saturated carbocycles. The molecule has 1 unspecified atom stereocenters. The van der Waals surface area contributed by atoms with Crippen LogP contribution in [-0.2, 0) is 6.54 Å². The Bertz CT molecular complexity index is 531. The van der Waals surface area contributed by atoms with E-state index in [9.17, 15) is 0 Å². The van der Waals surface area contributed by atoms with E-state index in [4.69, 9.17) is 4.74 Å². The molecule has 2 aromatic rings. The first-order valence-electron chi connectivity index (χ1n) is 6.55. The minimum atomic E-state index is 0.145. The molecule has 102 valence electrons. The van der Waals surface area contributed by atoms with Crippen molar-refractivity contribution >= 4 is 0 Å². The Morgan fingerprint density at radius 3 is 2.53 bits per heavy atom. The normalized spacial score (nSPS) is 12.4. The highest BCUT2D eigenvalue weighted by Crippen LogP contribution is 2.24. The molecule has 0 spiro atoms. The highest BCUT2D eigenvalue weighted by atomic mass is 16.5. The van der Waals surface area contributed by atoms with Crippen LogP contribution >= 0.6 is 0 Å². The van der Waals surface area contributed by atoms with Gasteiger partial charge in [-0.1, -0.05) is 12.1 Å². The van der Waals surface area contributed by atoms with Gasteiger partial charge in [0, 0.05) is 6.54 Å². The van der Waals surface area contributed by atoms with Gasteiger partial charge in [-0.05, 0) is 44.7 Å². The summed E-state index contributed by atoms with van der Waals surface area (Å²) in [7, 11) is 3.65. The van der Waals surface area contributed by atoms with Gasteiger partial charge in [-0.25, -0.2) is 0 Å². The van der Waals surface area contributed by atoms with Crippen LogP contribution in [0.25, 0.3) is 0 Å². The zero-order valence-electron chi connectivity index (χ0n) is 12.0. The molecule has 1 aromatic carbocycles. The van der Waals surface area contributed by atoms with E-state index in [1.807, 2.05) is 30.8 Å². The predicted octanol–water partition coefficient (Wildman–Crippen LogP) is 2.53. The molecule has 0 aliphatic heterocycles. The van der Waals surface area contributed by atoms with Crippen LogP contribution in [0.1, 0.15) is 29.9 Å². The van der Waals surface area contributed by atoms with Gasteiger partial charge in [0.1, 0.15) is 5.75 Å². The van der Waals surface area contributed by atoms with Gasteiger partial charge < -0.3 is 10.1 Å². The SMILES string of the molecule is CCn1nc(C)cc1C(NC)c1ccc(OC)cc1. The number of aromatic nitrogens is 2. The molecule has 0 fully saturated rings. The molecule has 0 bridgehead atoms. The molecule has 2 rings (SSSR count). The predicted molar refractivity (Wildman–Crippen MR) is 76.5 cm³/mol. The van der Waals surface area contributed by atoms with Crippen LogP contribution in [0, 0.1) is 6.92 Å². The number of methoxy groups -OCH3 is 1. The molecular formula is C15H21N3O.